The molecule has 0 amide bonds. The molecule has 0 aliphatic heterocycles. The van der Waals surface area contributed by atoms with Gasteiger partial charge in [-0.15, -0.1) is 0 Å². The highest BCUT2D eigenvalue weighted by Gasteiger charge is 2.06. The van der Waals surface area contributed by atoms with Gasteiger partial charge in [0, 0.05) is 11.9 Å². The predicted molar refractivity (Wildman–Crippen MR) is 85.7 cm³/mol. The second-order valence-electron chi connectivity index (χ2n) is 4.98. The Morgan fingerprint density at radius 2 is 1.95 bits per heavy atom. The maximum atomic E-state index is 5.70. The Hall–Kier alpha value is -1.77. The molecule has 0 aliphatic carbocycles. The number of benzene rings is 1. The van der Waals surface area contributed by atoms with Crippen molar-refractivity contribution in [2.45, 2.75) is 40.0 Å². The van der Waals surface area contributed by atoms with E-state index < -0.39 is 0 Å². The molecule has 0 saturated heterocycles. The maximum absolute atomic E-state index is 5.70. The van der Waals surface area contributed by atoms with Crippen molar-refractivity contribution in [2.24, 2.45) is 0 Å². The molecule has 0 spiro atoms. The highest BCUT2D eigenvalue weighted by molar-refractivity contribution is 5.83. The molecule has 0 aliphatic rings. The van der Waals surface area contributed by atoms with Gasteiger partial charge in [0.1, 0.15) is 11.6 Å². The fraction of sp³-hybridized carbons (Fsp3) is 0.471. The molecule has 108 valence electrons. The van der Waals surface area contributed by atoms with Gasteiger partial charge in [-0.25, -0.2) is 4.98 Å². The molecule has 1 aromatic heterocycles. The van der Waals surface area contributed by atoms with Crippen molar-refractivity contribution in [2.75, 3.05) is 18.5 Å². The van der Waals surface area contributed by atoms with Gasteiger partial charge in [0.2, 0.25) is 0 Å². The molecule has 20 heavy (non-hydrogen) atoms. The molecule has 0 bridgehead atoms. The van der Waals surface area contributed by atoms with Crippen molar-refractivity contribution in [1.82, 2.24) is 4.98 Å². The van der Waals surface area contributed by atoms with Gasteiger partial charge in [-0.2, -0.15) is 0 Å². The SMILES string of the molecule is CCCOc1ccc2nc(NCC)c(CCC)cc2c1. The maximum Gasteiger partial charge on any atom is 0.129 e. The summed E-state index contributed by atoms with van der Waals surface area (Å²) in [6.07, 6.45) is 3.19. The quantitative estimate of drug-likeness (QED) is 0.810. The first-order valence-corrected chi connectivity index (χ1v) is 7.58. The number of nitrogens with one attached hydrogen (secondary N) is 1. The fourth-order valence-electron chi connectivity index (χ4n) is 2.29. The van der Waals surface area contributed by atoms with Crippen LogP contribution in [0.15, 0.2) is 24.3 Å². The van der Waals surface area contributed by atoms with E-state index in [1.807, 2.05) is 12.1 Å². The molecular weight excluding hydrogens is 248 g/mol. The molecule has 1 N–H and O–H groups in total. The fourth-order valence-corrected chi connectivity index (χ4v) is 2.29. The summed E-state index contributed by atoms with van der Waals surface area (Å²) in [7, 11) is 0. The molecule has 0 fully saturated rings. The van der Waals surface area contributed by atoms with E-state index >= 15 is 0 Å². The third kappa shape index (κ3) is 3.41. The summed E-state index contributed by atoms with van der Waals surface area (Å²) in [6, 6.07) is 8.37. The Bertz CT molecular complexity index is 566. The standard InChI is InChI=1S/C17H24N2O/c1-4-7-13-11-14-12-15(20-10-5-2)8-9-16(14)19-17(13)18-6-3/h8-9,11-12H,4-7,10H2,1-3H3,(H,18,19). The summed E-state index contributed by atoms with van der Waals surface area (Å²) >= 11 is 0. The Kier molecular flexibility index (Phi) is 5.22. The topological polar surface area (TPSA) is 34.1 Å². The molecule has 3 heteroatoms. The van der Waals surface area contributed by atoms with E-state index in [9.17, 15) is 0 Å². The third-order valence-corrected chi connectivity index (χ3v) is 3.20. The van der Waals surface area contributed by atoms with Crippen LogP contribution in [0.1, 0.15) is 39.2 Å². The molecule has 1 heterocycles. The van der Waals surface area contributed by atoms with Crippen LogP contribution in [0.25, 0.3) is 10.9 Å². The number of ether oxygens (including phenoxy) is 1. The number of aryl methyl sites for hydroxylation is 1. The summed E-state index contributed by atoms with van der Waals surface area (Å²) < 4.78 is 5.70. The largest absolute Gasteiger partial charge is 0.494 e. The minimum Gasteiger partial charge on any atom is -0.494 e. The van der Waals surface area contributed by atoms with E-state index in [0.29, 0.717) is 0 Å². The van der Waals surface area contributed by atoms with Crippen LogP contribution >= 0.6 is 0 Å². The average Bonchev–Trinajstić information content (AvgIpc) is 2.46. The average molecular weight is 272 g/mol. The van der Waals surface area contributed by atoms with E-state index in [2.05, 4.69) is 38.2 Å². The zero-order chi connectivity index (χ0) is 14.4. The van der Waals surface area contributed by atoms with Gasteiger partial charge >= 0.3 is 0 Å². The summed E-state index contributed by atoms with van der Waals surface area (Å²) in [4.78, 5) is 4.74. The number of pyridine rings is 1. The minimum atomic E-state index is 0.760. The van der Waals surface area contributed by atoms with Gasteiger partial charge < -0.3 is 10.1 Å². The molecule has 2 aromatic rings. The van der Waals surface area contributed by atoms with E-state index in [4.69, 9.17) is 9.72 Å². The Balaban J connectivity index is 2.39. The molecule has 0 unspecified atom stereocenters. The van der Waals surface area contributed by atoms with Crippen LogP contribution in [0, 0.1) is 0 Å². The van der Waals surface area contributed by atoms with Crippen LogP contribution in [0.2, 0.25) is 0 Å². The van der Waals surface area contributed by atoms with Crippen LogP contribution in [-0.2, 0) is 6.42 Å². The van der Waals surface area contributed by atoms with Crippen LogP contribution in [0.5, 0.6) is 5.75 Å². The number of anilines is 1. The van der Waals surface area contributed by atoms with Crippen molar-refractivity contribution in [3.63, 3.8) is 0 Å². The van der Waals surface area contributed by atoms with Crippen LogP contribution in [0.4, 0.5) is 5.82 Å². The Labute approximate surface area is 121 Å². The second kappa shape index (κ2) is 7.13. The molecule has 0 atom stereocenters. The minimum absolute atomic E-state index is 0.760. The van der Waals surface area contributed by atoms with E-state index in [1.165, 1.54) is 5.56 Å². The van der Waals surface area contributed by atoms with Crippen molar-refractivity contribution < 1.29 is 4.74 Å². The van der Waals surface area contributed by atoms with Crippen molar-refractivity contribution >= 4 is 16.7 Å². The van der Waals surface area contributed by atoms with E-state index in [-0.39, 0.29) is 0 Å². The first kappa shape index (κ1) is 14.6. The molecule has 1 aromatic carbocycles. The van der Waals surface area contributed by atoms with Crippen LogP contribution in [-0.4, -0.2) is 18.1 Å². The number of hydrogen-bond donors (Lipinski definition) is 1. The van der Waals surface area contributed by atoms with Gasteiger partial charge in [-0.1, -0.05) is 20.3 Å². The lowest BCUT2D eigenvalue weighted by Crippen LogP contribution is -2.04. The van der Waals surface area contributed by atoms with Gasteiger partial charge in [0.05, 0.1) is 12.1 Å². The summed E-state index contributed by atoms with van der Waals surface area (Å²) in [5, 5.41) is 4.52. The number of nitrogens with zero attached hydrogens (tertiary/aromatic N) is 1. The third-order valence-electron chi connectivity index (χ3n) is 3.20. The zero-order valence-electron chi connectivity index (χ0n) is 12.7. The van der Waals surface area contributed by atoms with Gasteiger partial charge in [0.15, 0.2) is 0 Å². The lowest BCUT2D eigenvalue weighted by atomic mass is 10.1. The highest BCUT2D eigenvalue weighted by atomic mass is 16.5. The smallest absolute Gasteiger partial charge is 0.129 e. The van der Waals surface area contributed by atoms with Gasteiger partial charge in [-0.3, -0.25) is 0 Å². The lowest BCUT2D eigenvalue weighted by Gasteiger charge is -2.12. The zero-order valence-corrected chi connectivity index (χ0v) is 12.7. The summed E-state index contributed by atoms with van der Waals surface area (Å²) in [6.45, 7) is 8.07. The number of hydrogen-bond acceptors (Lipinski definition) is 3. The molecular formula is C17H24N2O. The van der Waals surface area contributed by atoms with Crippen LogP contribution in [0.3, 0.4) is 0 Å². The first-order chi connectivity index (χ1) is 9.78. The highest BCUT2D eigenvalue weighted by Crippen LogP contribution is 2.25. The first-order valence-electron chi connectivity index (χ1n) is 7.58. The lowest BCUT2D eigenvalue weighted by molar-refractivity contribution is 0.318. The van der Waals surface area contributed by atoms with E-state index in [1.54, 1.807) is 0 Å². The number of fused-ring (bicyclic) bond motifs is 1. The normalized spacial score (nSPS) is 10.8. The van der Waals surface area contributed by atoms with Crippen LogP contribution < -0.4 is 10.1 Å². The predicted octanol–water partition coefficient (Wildman–Crippen LogP) is 4.41. The Morgan fingerprint density at radius 1 is 1.10 bits per heavy atom. The number of aromatic nitrogens is 1. The summed E-state index contributed by atoms with van der Waals surface area (Å²) in [5.41, 5.74) is 2.30. The molecule has 0 radical (unpaired) electrons. The number of rotatable bonds is 7. The Morgan fingerprint density at radius 3 is 2.65 bits per heavy atom. The molecule has 2 rings (SSSR count). The second-order valence-corrected chi connectivity index (χ2v) is 4.98. The summed E-state index contributed by atoms with van der Waals surface area (Å²) in [5.74, 6) is 1.95. The van der Waals surface area contributed by atoms with Crippen molar-refractivity contribution in [3.8, 4) is 5.75 Å². The molecule has 3 nitrogen and oxygen atoms in total. The molecule has 0 saturated carbocycles. The van der Waals surface area contributed by atoms with Gasteiger partial charge in [-0.05, 0) is 49.6 Å². The van der Waals surface area contributed by atoms with Gasteiger partial charge in [0.25, 0.3) is 0 Å². The monoisotopic (exact) mass is 272 g/mol. The van der Waals surface area contributed by atoms with E-state index in [0.717, 1.165) is 54.9 Å². The van der Waals surface area contributed by atoms with Crippen molar-refractivity contribution in [3.05, 3.63) is 29.8 Å². The van der Waals surface area contributed by atoms with Crippen molar-refractivity contribution in [1.29, 1.82) is 0 Å².